The lowest BCUT2D eigenvalue weighted by molar-refractivity contribution is 0.475. The smallest absolute Gasteiger partial charge is 0.294 e. The SMILES string of the molecule is C1CO1.Cc1ccc(S(=O)(=O)O)cc1. The van der Waals surface area contributed by atoms with Crippen LogP contribution in [0.5, 0.6) is 0 Å². The first-order valence-corrected chi connectivity index (χ1v) is 5.56. The van der Waals surface area contributed by atoms with Crippen molar-refractivity contribution in [1.82, 2.24) is 0 Å². The topological polar surface area (TPSA) is 66.9 Å². The van der Waals surface area contributed by atoms with Crippen LogP contribution in [0.15, 0.2) is 29.2 Å². The van der Waals surface area contributed by atoms with E-state index in [1.807, 2.05) is 6.92 Å². The summed E-state index contributed by atoms with van der Waals surface area (Å²) in [7, 11) is -4.02. The van der Waals surface area contributed by atoms with Crippen molar-refractivity contribution in [3.8, 4) is 0 Å². The van der Waals surface area contributed by atoms with E-state index in [9.17, 15) is 8.42 Å². The lowest BCUT2D eigenvalue weighted by Crippen LogP contribution is -1.96. The van der Waals surface area contributed by atoms with Crippen molar-refractivity contribution >= 4 is 10.1 Å². The van der Waals surface area contributed by atoms with Crippen LogP contribution in [0.1, 0.15) is 5.56 Å². The maximum absolute atomic E-state index is 10.5. The summed E-state index contributed by atoms with van der Waals surface area (Å²) in [6.07, 6.45) is 0. The van der Waals surface area contributed by atoms with Crippen LogP contribution in [0.2, 0.25) is 0 Å². The van der Waals surface area contributed by atoms with Gasteiger partial charge in [0.25, 0.3) is 10.1 Å². The summed E-state index contributed by atoms with van der Waals surface area (Å²) in [4.78, 5) is -0.0666. The molecule has 0 atom stereocenters. The van der Waals surface area contributed by atoms with Gasteiger partial charge in [0.2, 0.25) is 0 Å². The molecule has 0 spiro atoms. The number of hydrogen-bond acceptors (Lipinski definition) is 3. The van der Waals surface area contributed by atoms with Gasteiger partial charge in [0, 0.05) is 0 Å². The number of hydrogen-bond donors (Lipinski definition) is 1. The molecule has 0 bridgehead atoms. The number of epoxide rings is 1. The minimum absolute atomic E-state index is 0.0666. The summed E-state index contributed by atoms with van der Waals surface area (Å²) in [5.74, 6) is 0. The monoisotopic (exact) mass is 216 g/mol. The fraction of sp³-hybridized carbons (Fsp3) is 0.333. The Labute approximate surface area is 83.3 Å². The zero-order chi connectivity index (χ0) is 10.6. The molecular weight excluding hydrogens is 204 g/mol. The van der Waals surface area contributed by atoms with E-state index in [0.29, 0.717) is 0 Å². The van der Waals surface area contributed by atoms with Crippen molar-refractivity contribution in [2.45, 2.75) is 11.8 Å². The highest BCUT2D eigenvalue weighted by atomic mass is 32.2. The summed E-state index contributed by atoms with van der Waals surface area (Å²) < 4.78 is 34.1. The molecule has 78 valence electrons. The van der Waals surface area contributed by atoms with Crippen LogP contribution in [0.3, 0.4) is 0 Å². The Morgan fingerprint density at radius 1 is 1.21 bits per heavy atom. The Hall–Kier alpha value is -0.910. The molecule has 1 aromatic carbocycles. The molecule has 2 rings (SSSR count). The van der Waals surface area contributed by atoms with Gasteiger partial charge in [-0.1, -0.05) is 17.7 Å². The van der Waals surface area contributed by atoms with E-state index in [0.717, 1.165) is 18.8 Å². The van der Waals surface area contributed by atoms with Gasteiger partial charge in [0.05, 0.1) is 18.1 Å². The largest absolute Gasteiger partial charge is 0.377 e. The lowest BCUT2D eigenvalue weighted by atomic mass is 10.2. The standard InChI is InChI=1S/C7H8O3S.C2H4O/c1-6-2-4-7(5-3-6)11(8,9)10;1-2-3-1/h2-5H,1H3,(H,8,9,10);1-2H2. The minimum atomic E-state index is -4.02. The molecule has 14 heavy (non-hydrogen) atoms. The minimum Gasteiger partial charge on any atom is -0.377 e. The second-order valence-electron chi connectivity index (χ2n) is 2.90. The van der Waals surface area contributed by atoms with Gasteiger partial charge in [-0.3, -0.25) is 4.55 Å². The van der Waals surface area contributed by atoms with Crippen LogP contribution in [0, 0.1) is 6.92 Å². The Morgan fingerprint density at radius 2 is 1.64 bits per heavy atom. The van der Waals surface area contributed by atoms with E-state index in [-0.39, 0.29) is 4.90 Å². The summed E-state index contributed by atoms with van der Waals surface area (Å²) in [5.41, 5.74) is 0.956. The van der Waals surface area contributed by atoms with Crippen molar-refractivity contribution < 1.29 is 17.7 Å². The zero-order valence-corrected chi connectivity index (χ0v) is 8.62. The van der Waals surface area contributed by atoms with E-state index in [2.05, 4.69) is 4.74 Å². The normalized spacial score (nSPS) is 14.1. The summed E-state index contributed by atoms with van der Waals surface area (Å²) >= 11 is 0. The van der Waals surface area contributed by atoms with E-state index in [1.165, 1.54) is 12.1 Å². The van der Waals surface area contributed by atoms with Crippen molar-refractivity contribution in [2.24, 2.45) is 0 Å². The predicted molar refractivity (Wildman–Crippen MR) is 51.8 cm³/mol. The van der Waals surface area contributed by atoms with Gasteiger partial charge in [-0.25, -0.2) is 0 Å². The van der Waals surface area contributed by atoms with Crippen LogP contribution >= 0.6 is 0 Å². The average Bonchev–Trinajstić information content (AvgIpc) is 2.88. The molecule has 1 heterocycles. The molecule has 1 aliphatic heterocycles. The highest BCUT2D eigenvalue weighted by molar-refractivity contribution is 7.85. The molecule has 0 saturated carbocycles. The highest BCUT2D eigenvalue weighted by Gasteiger charge is 2.06. The number of rotatable bonds is 1. The van der Waals surface area contributed by atoms with E-state index >= 15 is 0 Å². The van der Waals surface area contributed by atoms with Crippen LogP contribution in [-0.2, 0) is 14.9 Å². The fourth-order valence-electron chi connectivity index (χ4n) is 0.710. The molecular formula is C9H12O4S. The second kappa shape index (κ2) is 4.54. The molecule has 0 aliphatic carbocycles. The van der Waals surface area contributed by atoms with Crippen molar-refractivity contribution in [2.75, 3.05) is 13.2 Å². The molecule has 5 heteroatoms. The van der Waals surface area contributed by atoms with Crippen LogP contribution in [-0.4, -0.2) is 26.2 Å². The van der Waals surface area contributed by atoms with Gasteiger partial charge in [-0.15, -0.1) is 0 Å². The third-order valence-corrected chi connectivity index (χ3v) is 2.39. The first-order chi connectivity index (χ1) is 6.50. The summed E-state index contributed by atoms with van der Waals surface area (Å²) in [5, 5.41) is 0. The molecule has 0 amide bonds. The highest BCUT2D eigenvalue weighted by Crippen LogP contribution is 2.08. The molecule has 4 nitrogen and oxygen atoms in total. The fourth-order valence-corrected chi connectivity index (χ4v) is 1.19. The quantitative estimate of drug-likeness (QED) is 0.567. The summed E-state index contributed by atoms with van der Waals surface area (Å²) in [6, 6.07) is 5.99. The third-order valence-electron chi connectivity index (χ3n) is 1.52. The number of aryl methyl sites for hydroxylation is 1. The third kappa shape index (κ3) is 4.36. The van der Waals surface area contributed by atoms with Gasteiger partial charge in [-0.05, 0) is 19.1 Å². The Kier molecular flexibility index (Phi) is 3.62. The van der Waals surface area contributed by atoms with Crippen molar-refractivity contribution in [1.29, 1.82) is 0 Å². The second-order valence-corrected chi connectivity index (χ2v) is 4.32. The molecule has 1 aromatic rings. The van der Waals surface area contributed by atoms with Gasteiger partial charge in [0.1, 0.15) is 0 Å². The van der Waals surface area contributed by atoms with Crippen molar-refractivity contribution in [3.05, 3.63) is 29.8 Å². The molecule has 1 aliphatic rings. The Balaban J connectivity index is 0.000000276. The molecule has 0 radical (unpaired) electrons. The van der Waals surface area contributed by atoms with E-state index in [4.69, 9.17) is 4.55 Å². The van der Waals surface area contributed by atoms with Crippen LogP contribution in [0.4, 0.5) is 0 Å². The number of ether oxygens (including phenoxy) is 1. The molecule has 0 aromatic heterocycles. The first-order valence-electron chi connectivity index (χ1n) is 4.12. The van der Waals surface area contributed by atoms with Crippen LogP contribution < -0.4 is 0 Å². The molecule has 1 saturated heterocycles. The maximum atomic E-state index is 10.5. The first kappa shape index (κ1) is 11.2. The van der Waals surface area contributed by atoms with E-state index < -0.39 is 10.1 Å². The van der Waals surface area contributed by atoms with Gasteiger partial charge in [-0.2, -0.15) is 8.42 Å². The van der Waals surface area contributed by atoms with Gasteiger partial charge in [0.15, 0.2) is 0 Å². The molecule has 1 fully saturated rings. The van der Waals surface area contributed by atoms with Crippen LogP contribution in [0.25, 0.3) is 0 Å². The predicted octanol–water partition coefficient (Wildman–Crippen LogP) is 1.26. The average molecular weight is 216 g/mol. The van der Waals surface area contributed by atoms with Crippen molar-refractivity contribution in [3.63, 3.8) is 0 Å². The maximum Gasteiger partial charge on any atom is 0.294 e. The molecule has 0 unspecified atom stereocenters. The Morgan fingerprint density at radius 3 is 1.93 bits per heavy atom. The zero-order valence-electron chi connectivity index (χ0n) is 7.80. The Bertz CT molecular complexity index is 375. The van der Waals surface area contributed by atoms with Gasteiger partial charge < -0.3 is 4.74 Å². The van der Waals surface area contributed by atoms with Gasteiger partial charge >= 0.3 is 0 Å². The molecule has 1 N–H and O–H groups in total. The lowest BCUT2D eigenvalue weighted by Gasteiger charge is -1.95. The van der Waals surface area contributed by atoms with E-state index in [1.54, 1.807) is 12.1 Å². The summed E-state index contributed by atoms with van der Waals surface area (Å²) in [6.45, 7) is 3.84. The number of benzene rings is 1.